The maximum absolute atomic E-state index is 13.2. The zero-order valence-corrected chi connectivity index (χ0v) is 13.8. The first-order valence-electron chi connectivity index (χ1n) is 8.33. The number of morpholine rings is 1. The first kappa shape index (κ1) is 16.8. The van der Waals surface area contributed by atoms with Crippen molar-refractivity contribution in [3.8, 4) is 0 Å². The minimum absolute atomic E-state index is 0.126. The Morgan fingerprint density at radius 1 is 1.00 bits per heavy atom. The number of nitrogens with zero attached hydrogens (tertiary/aromatic N) is 1. The summed E-state index contributed by atoms with van der Waals surface area (Å²) >= 11 is 0. The van der Waals surface area contributed by atoms with Gasteiger partial charge in [0.15, 0.2) is 6.10 Å². The first-order chi connectivity index (χ1) is 12.4. The molecule has 1 amide bonds. The van der Waals surface area contributed by atoms with E-state index in [2.05, 4.69) is 0 Å². The van der Waals surface area contributed by atoms with E-state index in [9.17, 15) is 18.0 Å². The number of halogens is 3. The average molecular weight is 359 g/mol. The van der Waals surface area contributed by atoms with Crippen LogP contribution >= 0.6 is 0 Å². The van der Waals surface area contributed by atoms with Gasteiger partial charge in [-0.1, -0.05) is 48.5 Å². The molecule has 0 spiro atoms. The predicted molar refractivity (Wildman–Crippen MR) is 93.2 cm³/mol. The lowest BCUT2D eigenvalue weighted by molar-refractivity contribution is -0.233. The van der Waals surface area contributed by atoms with Gasteiger partial charge in [0.1, 0.15) is 0 Å². The highest BCUT2D eigenvalue weighted by Crippen LogP contribution is 2.31. The van der Waals surface area contributed by atoms with E-state index >= 15 is 0 Å². The summed E-state index contributed by atoms with van der Waals surface area (Å²) in [6, 6.07) is 16.8. The lowest BCUT2D eigenvalue weighted by Gasteiger charge is -2.34. The van der Waals surface area contributed by atoms with E-state index in [1.54, 1.807) is 0 Å². The number of hydrogen-bond acceptors (Lipinski definition) is 2. The molecular formula is C20H16F3NO2. The molecule has 1 atom stereocenters. The van der Waals surface area contributed by atoms with Gasteiger partial charge in [-0.15, -0.1) is 0 Å². The number of alkyl halides is 3. The van der Waals surface area contributed by atoms with Crippen molar-refractivity contribution in [3.63, 3.8) is 0 Å². The van der Waals surface area contributed by atoms with Crippen LogP contribution in [0.3, 0.4) is 0 Å². The molecule has 0 bridgehead atoms. The van der Waals surface area contributed by atoms with Crippen LogP contribution in [0.5, 0.6) is 0 Å². The number of rotatable bonds is 1. The number of hydrogen-bond donors (Lipinski definition) is 0. The van der Waals surface area contributed by atoms with Crippen molar-refractivity contribution in [2.75, 3.05) is 19.7 Å². The van der Waals surface area contributed by atoms with Gasteiger partial charge in [-0.05, 0) is 27.6 Å². The number of amides is 1. The summed E-state index contributed by atoms with van der Waals surface area (Å²) < 4.78 is 43.9. The molecule has 4 rings (SSSR count). The second-order valence-corrected chi connectivity index (χ2v) is 6.35. The Morgan fingerprint density at radius 3 is 2.15 bits per heavy atom. The number of ether oxygens (including phenoxy) is 1. The van der Waals surface area contributed by atoms with E-state index in [0.29, 0.717) is 5.56 Å². The average Bonchev–Trinajstić information content (AvgIpc) is 2.65. The van der Waals surface area contributed by atoms with Crippen molar-refractivity contribution in [1.29, 1.82) is 0 Å². The van der Waals surface area contributed by atoms with E-state index in [-0.39, 0.29) is 13.2 Å². The van der Waals surface area contributed by atoms with E-state index < -0.39 is 24.7 Å². The first-order valence-corrected chi connectivity index (χ1v) is 8.33. The Labute approximate surface area is 148 Å². The van der Waals surface area contributed by atoms with Crippen molar-refractivity contribution in [3.05, 3.63) is 60.2 Å². The largest absolute Gasteiger partial charge is 0.416 e. The molecule has 0 aromatic heterocycles. The second-order valence-electron chi connectivity index (χ2n) is 6.35. The molecule has 1 saturated heterocycles. The smallest absolute Gasteiger partial charge is 0.365 e. The van der Waals surface area contributed by atoms with E-state index in [0.717, 1.165) is 21.5 Å². The molecule has 0 unspecified atom stereocenters. The Kier molecular flexibility index (Phi) is 4.07. The van der Waals surface area contributed by atoms with Gasteiger partial charge in [-0.3, -0.25) is 4.79 Å². The van der Waals surface area contributed by atoms with Gasteiger partial charge < -0.3 is 9.64 Å². The Hall–Kier alpha value is -2.60. The van der Waals surface area contributed by atoms with Crippen LogP contribution in [0.2, 0.25) is 0 Å². The fourth-order valence-corrected chi connectivity index (χ4v) is 3.43. The van der Waals surface area contributed by atoms with E-state index in [4.69, 9.17) is 4.74 Å². The lowest BCUT2D eigenvalue weighted by atomic mass is 9.95. The monoisotopic (exact) mass is 359 g/mol. The second kappa shape index (κ2) is 6.29. The van der Waals surface area contributed by atoms with Crippen molar-refractivity contribution < 1.29 is 22.7 Å². The summed E-state index contributed by atoms with van der Waals surface area (Å²) in [5, 5.41) is 3.25. The third-order valence-corrected chi connectivity index (χ3v) is 4.70. The van der Waals surface area contributed by atoms with Crippen LogP contribution in [0.4, 0.5) is 13.2 Å². The zero-order valence-electron chi connectivity index (χ0n) is 13.8. The van der Waals surface area contributed by atoms with Gasteiger partial charge in [0.25, 0.3) is 5.91 Å². The molecule has 1 heterocycles. The number of benzene rings is 3. The third-order valence-electron chi connectivity index (χ3n) is 4.70. The fraction of sp³-hybridized carbons (Fsp3) is 0.250. The molecule has 0 radical (unpaired) electrons. The van der Waals surface area contributed by atoms with Crippen LogP contribution < -0.4 is 0 Å². The highest BCUT2D eigenvalue weighted by molar-refractivity contribution is 6.18. The Balaban J connectivity index is 1.83. The van der Waals surface area contributed by atoms with Gasteiger partial charge in [0.2, 0.25) is 0 Å². The van der Waals surface area contributed by atoms with Crippen LogP contribution in [0.25, 0.3) is 21.5 Å². The molecule has 0 saturated carbocycles. The van der Waals surface area contributed by atoms with Crippen molar-refractivity contribution in [2.45, 2.75) is 12.3 Å². The SMILES string of the molecule is O=C(c1c2ccccc2cc2ccccc12)N1CCO[C@@H](C(F)(F)F)C1. The molecule has 1 fully saturated rings. The molecule has 0 N–H and O–H groups in total. The summed E-state index contributed by atoms with van der Waals surface area (Å²) in [4.78, 5) is 14.4. The number of carbonyl (C=O) groups is 1. The van der Waals surface area contributed by atoms with Gasteiger partial charge in [0, 0.05) is 6.54 Å². The third kappa shape index (κ3) is 2.90. The highest BCUT2D eigenvalue weighted by Gasteiger charge is 2.44. The van der Waals surface area contributed by atoms with Crippen LogP contribution in [-0.4, -0.2) is 42.8 Å². The van der Waals surface area contributed by atoms with Crippen LogP contribution in [-0.2, 0) is 4.74 Å². The quantitative estimate of drug-likeness (QED) is 0.603. The standard InChI is InChI=1S/C20H16F3NO2/c21-20(22,23)17-12-24(9-10-26-17)19(25)18-15-7-3-1-5-13(15)11-14-6-2-4-8-16(14)18/h1-8,11,17H,9-10,12H2/t17-/m1/s1. The lowest BCUT2D eigenvalue weighted by Crippen LogP contribution is -2.51. The molecule has 0 aliphatic carbocycles. The Morgan fingerprint density at radius 2 is 1.58 bits per heavy atom. The van der Waals surface area contributed by atoms with Crippen molar-refractivity contribution in [1.82, 2.24) is 4.90 Å². The minimum atomic E-state index is -4.49. The molecule has 26 heavy (non-hydrogen) atoms. The molecule has 3 nitrogen and oxygen atoms in total. The summed E-state index contributed by atoms with van der Waals surface area (Å²) in [6.07, 6.45) is -6.43. The summed E-state index contributed by atoms with van der Waals surface area (Å²) in [5.74, 6) is -0.393. The molecule has 1 aliphatic heterocycles. The van der Waals surface area contributed by atoms with Gasteiger partial charge in [-0.25, -0.2) is 0 Å². The molecule has 1 aliphatic rings. The van der Waals surface area contributed by atoms with Crippen LogP contribution in [0.15, 0.2) is 54.6 Å². The molecule has 6 heteroatoms. The maximum atomic E-state index is 13.2. The summed E-state index contributed by atoms with van der Waals surface area (Å²) in [7, 11) is 0. The molecule has 3 aromatic rings. The van der Waals surface area contributed by atoms with Crippen LogP contribution in [0, 0.1) is 0 Å². The van der Waals surface area contributed by atoms with E-state index in [1.165, 1.54) is 4.90 Å². The van der Waals surface area contributed by atoms with E-state index in [1.807, 2.05) is 54.6 Å². The number of fused-ring (bicyclic) bond motifs is 2. The predicted octanol–water partition coefficient (Wildman–Crippen LogP) is 4.40. The molecular weight excluding hydrogens is 343 g/mol. The zero-order chi connectivity index (χ0) is 18.3. The molecule has 134 valence electrons. The van der Waals surface area contributed by atoms with Crippen LogP contribution in [0.1, 0.15) is 10.4 Å². The summed E-state index contributed by atoms with van der Waals surface area (Å²) in [5.41, 5.74) is 0.446. The van der Waals surface area contributed by atoms with Crippen molar-refractivity contribution >= 4 is 27.5 Å². The summed E-state index contributed by atoms with van der Waals surface area (Å²) in [6.45, 7) is -0.471. The highest BCUT2D eigenvalue weighted by atomic mass is 19.4. The minimum Gasteiger partial charge on any atom is -0.365 e. The fourth-order valence-electron chi connectivity index (χ4n) is 3.43. The number of carbonyl (C=O) groups excluding carboxylic acids is 1. The van der Waals surface area contributed by atoms with Crippen molar-refractivity contribution in [2.24, 2.45) is 0 Å². The normalized spacial score (nSPS) is 18.4. The van der Waals surface area contributed by atoms with Gasteiger partial charge in [0.05, 0.1) is 18.7 Å². The topological polar surface area (TPSA) is 29.5 Å². The maximum Gasteiger partial charge on any atom is 0.416 e. The van der Waals surface area contributed by atoms with Gasteiger partial charge in [-0.2, -0.15) is 13.2 Å². The Bertz CT molecular complexity index is 930. The molecule has 3 aromatic carbocycles. The van der Waals surface area contributed by atoms with Gasteiger partial charge >= 0.3 is 6.18 Å².